The fourth-order valence-electron chi connectivity index (χ4n) is 0.826. The van der Waals surface area contributed by atoms with E-state index in [1.54, 1.807) is 7.11 Å². The highest BCUT2D eigenvalue weighted by molar-refractivity contribution is 8.03. The Hall–Kier alpha value is -0.210. The summed E-state index contributed by atoms with van der Waals surface area (Å²) >= 11 is 1.85. The standard InChI is InChI=1S/C13H24OS/c1-11(13(3,4)5)7-8-12(2)15-10-9-14-6/h7-8H,9-10H2,1-6H3/b11-7+,12-8+. The van der Waals surface area contributed by atoms with E-state index in [1.807, 2.05) is 11.8 Å². The molecular weight excluding hydrogens is 204 g/mol. The fraction of sp³-hybridized carbons (Fsp3) is 0.692. The molecule has 0 heterocycles. The molecule has 15 heavy (non-hydrogen) atoms. The van der Waals surface area contributed by atoms with Gasteiger partial charge >= 0.3 is 0 Å². The van der Waals surface area contributed by atoms with Gasteiger partial charge < -0.3 is 4.74 Å². The second kappa shape index (κ2) is 7.13. The van der Waals surface area contributed by atoms with Crippen molar-refractivity contribution < 1.29 is 4.74 Å². The lowest BCUT2D eigenvalue weighted by Gasteiger charge is -2.18. The first-order valence-electron chi connectivity index (χ1n) is 5.35. The molecule has 0 aromatic heterocycles. The van der Waals surface area contributed by atoms with Crippen LogP contribution in [0.15, 0.2) is 22.6 Å². The SMILES string of the molecule is COCCS/C(C)=C/C=C(\C)C(C)(C)C. The molecule has 0 bridgehead atoms. The van der Waals surface area contributed by atoms with E-state index in [4.69, 9.17) is 4.74 Å². The van der Waals surface area contributed by atoms with Gasteiger partial charge in [0.2, 0.25) is 0 Å². The number of rotatable bonds is 5. The molecular formula is C13H24OS. The molecule has 0 saturated carbocycles. The Morgan fingerprint density at radius 1 is 1.20 bits per heavy atom. The van der Waals surface area contributed by atoms with Crippen molar-refractivity contribution in [3.05, 3.63) is 22.6 Å². The number of thioether (sulfide) groups is 1. The minimum atomic E-state index is 0.272. The zero-order valence-corrected chi connectivity index (χ0v) is 11.7. The van der Waals surface area contributed by atoms with Crippen molar-refractivity contribution in [2.75, 3.05) is 19.5 Å². The largest absolute Gasteiger partial charge is 0.384 e. The molecule has 0 unspecified atom stereocenters. The molecule has 0 N–H and O–H groups in total. The molecule has 0 saturated heterocycles. The van der Waals surface area contributed by atoms with Crippen LogP contribution in [-0.4, -0.2) is 19.5 Å². The third-order valence-corrected chi connectivity index (χ3v) is 3.33. The van der Waals surface area contributed by atoms with Gasteiger partial charge in [0, 0.05) is 12.9 Å². The van der Waals surface area contributed by atoms with Gasteiger partial charge in [-0.15, -0.1) is 11.8 Å². The van der Waals surface area contributed by atoms with Crippen LogP contribution >= 0.6 is 11.8 Å². The molecule has 0 fully saturated rings. The van der Waals surface area contributed by atoms with Gasteiger partial charge in [-0.25, -0.2) is 0 Å². The highest BCUT2D eigenvalue weighted by Gasteiger charge is 2.10. The molecule has 0 aliphatic rings. The summed E-state index contributed by atoms with van der Waals surface area (Å²) in [6.07, 6.45) is 4.41. The Morgan fingerprint density at radius 3 is 2.27 bits per heavy atom. The van der Waals surface area contributed by atoms with E-state index in [0.717, 1.165) is 12.4 Å². The average Bonchev–Trinajstić information content (AvgIpc) is 2.13. The second-order valence-electron chi connectivity index (χ2n) is 4.72. The maximum Gasteiger partial charge on any atom is 0.0556 e. The Labute approximate surface area is 99.0 Å². The Bertz CT molecular complexity index is 233. The predicted octanol–water partition coefficient (Wildman–Crippen LogP) is 4.26. The Balaban J connectivity index is 4.14. The average molecular weight is 228 g/mol. The lowest BCUT2D eigenvalue weighted by Crippen LogP contribution is -2.05. The summed E-state index contributed by atoms with van der Waals surface area (Å²) in [5.74, 6) is 1.03. The highest BCUT2D eigenvalue weighted by Crippen LogP contribution is 2.25. The van der Waals surface area contributed by atoms with E-state index in [0.29, 0.717) is 0 Å². The zero-order chi connectivity index (χ0) is 11.9. The number of methoxy groups -OCH3 is 1. The van der Waals surface area contributed by atoms with Crippen LogP contribution in [0.25, 0.3) is 0 Å². The van der Waals surface area contributed by atoms with E-state index in [2.05, 4.69) is 46.8 Å². The molecule has 88 valence electrons. The minimum Gasteiger partial charge on any atom is -0.384 e. The van der Waals surface area contributed by atoms with Crippen molar-refractivity contribution in [1.82, 2.24) is 0 Å². The van der Waals surface area contributed by atoms with Crippen LogP contribution in [0.5, 0.6) is 0 Å². The van der Waals surface area contributed by atoms with Gasteiger partial charge in [0.05, 0.1) is 6.61 Å². The third-order valence-electron chi connectivity index (χ3n) is 2.37. The fourth-order valence-corrected chi connectivity index (χ4v) is 1.56. The summed E-state index contributed by atoms with van der Waals surface area (Å²) in [7, 11) is 1.74. The maximum atomic E-state index is 5.01. The smallest absolute Gasteiger partial charge is 0.0556 e. The van der Waals surface area contributed by atoms with Gasteiger partial charge in [-0.3, -0.25) is 0 Å². The first-order chi connectivity index (χ1) is 6.88. The van der Waals surface area contributed by atoms with Crippen LogP contribution in [0.3, 0.4) is 0 Å². The van der Waals surface area contributed by atoms with E-state index in [-0.39, 0.29) is 5.41 Å². The third kappa shape index (κ3) is 7.69. The minimum absolute atomic E-state index is 0.272. The van der Waals surface area contributed by atoms with Gasteiger partial charge in [-0.2, -0.15) is 0 Å². The van der Waals surface area contributed by atoms with E-state index in [9.17, 15) is 0 Å². The normalized spacial score (nSPS) is 14.5. The summed E-state index contributed by atoms with van der Waals surface area (Å²) in [5.41, 5.74) is 1.68. The van der Waals surface area contributed by atoms with Crippen LogP contribution in [0.4, 0.5) is 0 Å². The molecule has 0 rings (SSSR count). The molecule has 0 aromatic carbocycles. The molecule has 0 aromatic rings. The molecule has 0 radical (unpaired) electrons. The molecule has 0 atom stereocenters. The first kappa shape index (κ1) is 14.8. The van der Waals surface area contributed by atoms with E-state index >= 15 is 0 Å². The predicted molar refractivity (Wildman–Crippen MR) is 71.3 cm³/mol. The van der Waals surface area contributed by atoms with Crippen molar-refractivity contribution in [2.24, 2.45) is 5.41 Å². The van der Waals surface area contributed by atoms with Gasteiger partial charge in [0.25, 0.3) is 0 Å². The highest BCUT2D eigenvalue weighted by atomic mass is 32.2. The number of hydrogen-bond acceptors (Lipinski definition) is 2. The van der Waals surface area contributed by atoms with Crippen molar-refractivity contribution in [3.63, 3.8) is 0 Å². The zero-order valence-electron chi connectivity index (χ0n) is 10.9. The maximum absolute atomic E-state index is 5.01. The summed E-state index contributed by atoms with van der Waals surface area (Å²) in [5, 5.41) is 0. The van der Waals surface area contributed by atoms with Crippen LogP contribution in [0.1, 0.15) is 34.6 Å². The Morgan fingerprint density at radius 2 is 1.80 bits per heavy atom. The lowest BCUT2D eigenvalue weighted by atomic mass is 9.87. The van der Waals surface area contributed by atoms with E-state index < -0.39 is 0 Å². The first-order valence-corrected chi connectivity index (χ1v) is 6.34. The lowest BCUT2D eigenvalue weighted by molar-refractivity contribution is 0.219. The second-order valence-corrected chi connectivity index (χ2v) is 6.06. The van der Waals surface area contributed by atoms with Gasteiger partial charge in [0.15, 0.2) is 0 Å². The van der Waals surface area contributed by atoms with Crippen LogP contribution < -0.4 is 0 Å². The quantitative estimate of drug-likeness (QED) is 0.513. The summed E-state index contributed by atoms with van der Waals surface area (Å²) in [4.78, 5) is 1.34. The molecule has 0 amide bonds. The molecule has 2 heteroatoms. The number of allylic oxidation sites excluding steroid dienone is 4. The number of hydrogen-bond donors (Lipinski definition) is 0. The van der Waals surface area contributed by atoms with Crippen molar-refractivity contribution in [3.8, 4) is 0 Å². The molecule has 0 spiro atoms. The van der Waals surface area contributed by atoms with Crippen molar-refractivity contribution in [1.29, 1.82) is 0 Å². The van der Waals surface area contributed by atoms with E-state index in [1.165, 1.54) is 10.5 Å². The summed E-state index contributed by atoms with van der Waals surface area (Å²) in [6, 6.07) is 0. The molecule has 0 aliphatic heterocycles. The van der Waals surface area contributed by atoms with Crippen LogP contribution in [-0.2, 0) is 4.74 Å². The van der Waals surface area contributed by atoms with Crippen LogP contribution in [0, 0.1) is 5.41 Å². The number of ether oxygens (including phenoxy) is 1. The summed E-state index contributed by atoms with van der Waals surface area (Å²) < 4.78 is 5.01. The van der Waals surface area contributed by atoms with Crippen molar-refractivity contribution in [2.45, 2.75) is 34.6 Å². The summed E-state index contributed by atoms with van der Waals surface area (Å²) in [6.45, 7) is 11.9. The van der Waals surface area contributed by atoms with Gasteiger partial charge in [-0.05, 0) is 24.2 Å². The van der Waals surface area contributed by atoms with Gasteiger partial charge in [-0.1, -0.05) is 38.5 Å². The van der Waals surface area contributed by atoms with Gasteiger partial charge in [0.1, 0.15) is 0 Å². The monoisotopic (exact) mass is 228 g/mol. The van der Waals surface area contributed by atoms with Crippen molar-refractivity contribution >= 4 is 11.8 Å². The van der Waals surface area contributed by atoms with Crippen LogP contribution in [0.2, 0.25) is 0 Å². The molecule has 0 aliphatic carbocycles. The Kier molecular flexibility index (Phi) is 7.03. The molecule has 1 nitrogen and oxygen atoms in total. The topological polar surface area (TPSA) is 9.23 Å².